The third-order valence-corrected chi connectivity index (χ3v) is 10.4. The van der Waals surface area contributed by atoms with Crippen LogP contribution >= 0.6 is 0 Å². The van der Waals surface area contributed by atoms with Crippen LogP contribution in [0.1, 0.15) is 50.3 Å². The van der Waals surface area contributed by atoms with E-state index in [1.807, 2.05) is 13.0 Å². The smallest absolute Gasteiger partial charge is 0.268 e. The first-order chi connectivity index (χ1) is 26.1. The molecule has 0 spiro atoms. The maximum absolute atomic E-state index is 14.5. The predicted octanol–water partition coefficient (Wildman–Crippen LogP) is 2.83. The summed E-state index contributed by atoms with van der Waals surface area (Å²) in [5.41, 5.74) is -0.0310. The number of benzene rings is 3. The molecule has 0 radical (unpaired) electrons. The highest BCUT2D eigenvalue weighted by atomic mass is 16.5. The molecule has 0 aliphatic carbocycles. The van der Waals surface area contributed by atoms with Gasteiger partial charge in [0.15, 0.2) is 11.9 Å². The van der Waals surface area contributed by atoms with Crippen molar-refractivity contribution in [2.24, 2.45) is 0 Å². The second-order valence-corrected chi connectivity index (χ2v) is 14.1. The lowest BCUT2D eigenvalue weighted by molar-refractivity contribution is -0.158. The summed E-state index contributed by atoms with van der Waals surface area (Å²) in [4.78, 5) is 88.1. The number of aldehydes is 1. The lowest BCUT2D eigenvalue weighted by atomic mass is 9.87. The molecule has 6 rings (SSSR count). The maximum atomic E-state index is 14.5. The lowest BCUT2D eigenvalue weighted by Gasteiger charge is -2.49. The molecule has 14 heteroatoms. The van der Waals surface area contributed by atoms with Gasteiger partial charge in [-0.1, -0.05) is 43.3 Å². The molecule has 0 saturated carbocycles. The number of nitrogens with one attached hydrogen (secondary N) is 3. The molecule has 6 bridgehead atoms. The first-order valence-electron chi connectivity index (χ1n) is 18.0. The first-order valence-corrected chi connectivity index (χ1v) is 18.0. The van der Waals surface area contributed by atoms with Crippen LogP contribution in [0.15, 0.2) is 78.5 Å². The number of carbonyl (C=O) groups is 6. The van der Waals surface area contributed by atoms with Crippen LogP contribution in [0.5, 0.6) is 17.2 Å². The fraction of sp³-hybridized carbons (Fsp3) is 0.366. The van der Waals surface area contributed by atoms with Crippen LogP contribution in [0.25, 0.3) is 6.08 Å². The molecule has 2 unspecified atom stereocenters. The second-order valence-electron chi connectivity index (χ2n) is 14.1. The molecule has 55 heavy (non-hydrogen) atoms. The number of hydrogen-bond donors (Lipinski definition) is 3. The van der Waals surface area contributed by atoms with Crippen LogP contribution in [-0.2, 0) is 35.2 Å². The zero-order valence-corrected chi connectivity index (χ0v) is 32.3. The van der Waals surface area contributed by atoms with Crippen LogP contribution in [0.3, 0.4) is 0 Å². The number of carbonyl (C=O) groups excluding carboxylic acids is 6. The molecule has 3 N–H and O–H groups in total. The van der Waals surface area contributed by atoms with E-state index in [4.69, 9.17) is 9.47 Å². The van der Waals surface area contributed by atoms with Crippen LogP contribution in [-0.4, -0.2) is 109 Å². The lowest BCUT2D eigenvalue weighted by Crippen LogP contribution is -2.69. The monoisotopic (exact) mass is 752 g/mol. The first kappa shape index (κ1) is 40.2. The molecular weight excluding hydrogens is 704 g/mol. The van der Waals surface area contributed by atoms with Gasteiger partial charge in [-0.15, -0.1) is 0 Å². The van der Waals surface area contributed by atoms with Gasteiger partial charge in [0, 0.05) is 26.4 Å². The summed E-state index contributed by atoms with van der Waals surface area (Å²) >= 11 is 0. The second kappa shape index (κ2) is 16.6. The van der Waals surface area contributed by atoms with E-state index in [0.717, 1.165) is 4.90 Å². The van der Waals surface area contributed by atoms with Crippen LogP contribution in [0, 0.1) is 0 Å². The molecule has 3 heterocycles. The van der Waals surface area contributed by atoms with Gasteiger partial charge in [0.1, 0.15) is 41.1 Å². The zero-order valence-electron chi connectivity index (χ0n) is 32.3. The van der Waals surface area contributed by atoms with Crippen molar-refractivity contribution in [1.82, 2.24) is 30.7 Å². The van der Waals surface area contributed by atoms with E-state index < -0.39 is 65.3 Å². The van der Waals surface area contributed by atoms with Crippen molar-refractivity contribution in [2.75, 3.05) is 28.3 Å². The predicted molar refractivity (Wildman–Crippen MR) is 205 cm³/mol. The molecule has 3 aromatic rings. The average Bonchev–Trinajstić information content (AvgIpc) is 3.18. The Morgan fingerprint density at radius 2 is 1.40 bits per heavy atom. The largest absolute Gasteiger partial charge is 0.497 e. The number of rotatable bonds is 3. The molecule has 1 fully saturated rings. The minimum absolute atomic E-state index is 0.0579. The quantitative estimate of drug-likeness (QED) is 0.270. The van der Waals surface area contributed by atoms with E-state index in [1.165, 1.54) is 53.0 Å². The number of amides is 5. The summed E-state index contributed by atoms with van der Waals surface area (Å²) in [6.07, 6.45) is 2.04. The summed E-state index contributed by atoms with van der Waals surface area (Å²) in [5.74, 6) is -2.28. The topological polar surface area (TPSA) is 167 Å². The van der Waals surface area contributed by atoms with E-state index in [1.54, 1.807) is 78.7 Å². The van der Waals surface area contributed by atoms with Crippen molar-refractivity contribution in [1.29, 1.82) is 0 Å². The SMILES string of the molecule is COc1ccc(/C=C2\C(=O)N[C@@H](C)C(=O)N(C)C3(C=O)Cc4ccc(cc4)Oc4cccc(c4)[C@@H](C)C(C(=O)N[C@H](C)C(=O)N[C@@H](C)C(=O)N2C)N3C)cc1. The standard InChI is InChI=1S/C41H48N6O8/c1-24-30-10-9-11-33(21-30)55-32-18-14-29(15-19-32)22-41(23-48)46(6)35(24)38(51)42-25(2)36(49)43-26(3)39(52)45(5)34(20-28-12-16-31(54-8)17-13-28)37(50)44-27(4)40(53)47(41)7/h9-21,23-27,35H,22H2,1-8H3,(H,42,51)(H,43,49)(H,44,50)/b34-20+/t24-,25-,26+,27+,35?,41?/m1/s1. The van der Waals surface area contributed by atoms with E-state index in [2.05, 4.69) is 16.0 Å². The van der Waals surface area contributed by atoms with Gasteiger partial charge < -0.3 is 35.2 Å². The number of likely N-dealkylation sites (N-methyl/N-ethyl adjacent to an activating group) is 3. The Labute approximate surface area is 320 Å². The van der Waals surface area contributed by atoms with Gasteiger partial charge in [-0.25, -0.2) is 0 Å². The number of fused-ring (bicyclic) bond motifs is 2. The third kappa shape index (κ3) is 8.39. The Bertz CT molecular complexity index is 1980. The highest BCUT2D eigenvalue weighted by Crippen LogP contribution is 2.35. The number of methoxy groups -OCH3 is 1. The third-order valence-electron chi connectivity index (χ3n) is 10.4. The minimum atomic E-state index is -1.80. The Morgan fingerprint density at radius 3 is 2.04 bits per heavy atom. The van der Waals surface area contributed by atoms with Crippen LogP contribution in [0.2, 0.25) is 0 Å². The van der Waals surface area contributed by atoms with E-state index in [9.17, 15) is 28.8 Å². The molecule has 0 aromatic heterocycles. The fourth-order valence-electron chi connectivity index (χ4n) is 6.98. The summed E-state index contributed by atoms with van der Waals surface area (Å²) in [7, 11) is 5.94. The molecule has 3 aliphatic heterocycles. The summed E-state index contributed by atoms with van der Waals surface area (Å²) < 4.78 is 11.4. The Morgan fingerprint density at radius 1 is 0.764 bits per heavy atom. The molecule has 6 atom stereocenters. The van der Waals surface area contributed by atoms with Gasteiger partial charge in [0.05, 0.1) is 13.2 Å². The zero-order chi connectivity index (χ0) is 40.2. The summed E-state index contributed by atoms with van der Waals surface area (Å²) in [5, 5.41) is 8.16. The molecule has 3 aromatic carbocycles. The van der Waals surface area contributed by atoms with Gasteiger partial charge in [0.25, 0.3) is 5.91 Å². The van der Waals surface area contributed by atoms with Crippen LogP contribution in [0.4, 0.5) is 0 Å². The Kier molecular flexibility index (Phi) is 12.1. The summed E-state index contributed by atoms with van der Waals surface area (Å²) in [6.45, 7) is 6.24. The molecule has 3 aliphatic rings. The molecule has 14 nitrogen and oxygen atoms in total. The average molecular weight is 753 g/mol. The van der Waals surface area contributed by atoms with Gasteiger partial charge in [-0.05, 0) is 87.0 Å². The van der Waals surface area contributed by atoms with E-state index in [0.29, 0.717) is 40.2 Å². The normalized spacial score (nSPS) is 26.7. The summed E-state index contributed by atoms with van der Waals surface area (Å²) in [6, 6.07) is 16.4. The van der Waals surface area contributed by atoms with Gasteiger partial charge in [-0.3, -0.25) is 33.7 Å². The van der Waals surface area contributed by atoms with E-state index in [-0.39, 0.29) is 12.1 Å². The van der Waals surface area contributed by atoms with Gasteiger partial charge >= 0.3 is 0 Å². The molecule has 290 valence electrons. The van der Waals surface area contributed by atoms with Crippen molar-refractivity contribution in [3.8, 4) is 17.2 Å². The van der Waals surface area contributed by atoms with Crippen LogP contribution < -0.4 is 25.4 Å². The van der Waals surface area contributed by atoms with Crippen molar-refractivity contribution >= 4 is 41.9 Å². The highest BCUT2D eigenvalue weighted by molar-refractivity contribution is 6.04. The molecule has 1 saturated heterocycles. The van der Waals surface area contributed by atoms with Crippen molar-refractivity contribution in [3.63, 3.8) is 0 Å². The fourth-order valence-corrected chi connectivity index (χ4v) is 6.98. The molecule has 5 amide bonds. The number of nitrogens with zero attached hydrogens (tertiary/aromatic N) is 3. The molecular formula is C41H48N6O8. The van der Waals surface area contributed by atoms with Gasteiger partial charge in [0.2, 0.25) is 23.6 Å². The number of ether oxygens (including phenoxy) is 2. The van der Waals surface area contributed by atoms with Gasteiger partial charge in [-0.2, -0.15) is 0 Å². The van der Waals surface area contributed by atoms with Crippen molar-refractivity contribution < 1.29 is 38.2 Å². The minimum Gasteiger partial charge on any atom is -0.497 e. The Hall–Kier alpha value is -6.02. The Balaban J connectivity index is 1.67. The number of hydrogen-bond acceptors (Lipinski definition) is 9. The maximum Gasteiger partial charge on any atom is 0.268 e. The van der Waals surface area contributed by atoms with Crippen molar-refractivity contribution in [2.45, 2.75) is 69.9 Å². The highest BCUT2D eigenvalue weighted by Gasteiger charge is 2.49. The van der Waals surface area contributed by atoms with Crippen molar-refractivity contribution in [3.05, 3.63) is 95.2 Å². The van der Waals surface area contributed by atoms with E-state index >= 15 is 0 Å².